The third kappa shape index (κ3) is 2.17. The first-order valence-electron chi connectivity index (χ1n) is 4.02. The van der Waals surface area contributed by atoms with Crippen molar-refractivity contribution in [3.05, 3.63) is 33.4 Å². The van der Waals surface area contributed by atoms with E-state index in [4.69, 9.17) is 5.26 Å². The van der Waals surface area contributed by atoms with Gasteiger partial charge in [0.15, 0.2) is 5.78 Å². The first kappa shape index (κ1) is 12.1. The number of benzene rings is 1. The Hall–Kier alpha value is -1.94. The van der Waals surface area contributed by atoms with Crippen LogP contribution in [0.4, 0.5) is 5.69 Å². The predicted octanol–water partition coefficient (Wildman–Crippen LogP) is 1.75. The van der Waals surface area contributed by atoms with E-state index >= 15 is 0 Å². The number of hydrogen-bond acceptors (Lipinski definition) is 5. The van der Waals surface area contributed by atoms with Crippen LogP contribution in [0.3, 0.4) is 0 Å². The van der Waals surface area contributed by atoms with Gasteiger partial charge in [-0.1, -0.05) is 15.9 Å². The number of ketones is 1. The maximum atomic E-state index is 11.3. The van der Waals surface area contributed by atoms with Crippen LogP contribution in [0.15, 0.2) is 12.1 Å². The van der Waals surface area contributed by atoms with Crippen molar-refractivity contribution >= 4 is 27.4 Å². The summed E-state index contributed by atoms with van der Waals surface area (Å²) in [5, 5.41) is 28.6. The third-order valence-electron chi connectivity index (χ3n) is 1.84. The molecule has 0 radical (unpaired) electrons. The summed E-state index contributed by atoms with van der Waals surface area (Å²) in [6.45, 7) is 0. The fourth-order valence-corrected chi connectivity index (χ4v) is 1.41. The van der Waals surface area contributed by atoms with Crippen molar-refractivity contribution in [3.8, 4) is 11.8 Å². The molecule has 6 nitrogen and oxygen atoms in total. The van der Waals surface area contributed by atoms with Gasteiger partial charge in [-0.2, -0.15) is 5.26 Å². The first-order valence-corrected chi connectivity index (χ1v) is 5.14. The van der Waals surface area contributed by atoms with Crippen molar-refractivity contribution in [2.45, 2.75) is 0 Å². The van der Waals surface area contributed by atoms with Crippen LogP contribution in [0, 0.1) is 21.4 Å². The Morgan fingerprint density at radius 3 is 2.69 bits per heavy atom. The summed E-state index contributed by atoms with van der Waals surface area (Å²) >= 11 is 2.88. The van der Waals surface area contributed by atoms with E-state index in [2.05, 4.69) is 15.9 Å². The zero-order valence-corrected chi connectivity index (χ0v) is 9.39. The quantitative estimate of drug-likeness (QED) is 0.394. The number of carbonyl (C=O) groups is 1. The van der Waals surface area contributed by atoms with Gasteiger partial charge in [-0.3, -0.25) is 14.9 Å². The molecule has 0 saturated heterocycles. The van der Waals surface area contributed by atoms with Gasteiger partial charge in [0.2, 0.25) is 5.75 Å². The number of nitro groups is 1. The monoisotopic (exact) mass is 284 g/mol. The van der Waals surface area contributed by atoms with E-state index in [0.29, 0.717) is 0 Å². The molecular weight excluding hydrogens is 280 g/mol. The van der Waals surface area contributed by atoms with Gasteiger partial charge < -0.3 is 5.11 Å². The second-order valence-corrected chi connectivity index (χ2v) is 3.38. The number of phenols is 1. The standard InChI is InChI=1S/C9H5BrN2O4/c10-3-8(13)6-1-5(4-11)2-7(9(6)14)12(15)16/h1-2,14H,3H2. The van der Waals surface area contributed by atoms with Crippen LogP contribution in [0.1, 0.15) is 15.9 Å². The molecule has 1 aromatic rings. The Labute approximate surface area is 98.4 Å². The van der Waals surface area contributed by atoms with Crippen molar-refractivity contribution < 1.29 is 14.8 Å². The van der Waals surface area contributed by atoms with Gasteiger partial charge in [0.25, 0.3) is 0 Å². The normalized spacial score (nSPS) is 9.50. The van der Waals surface area contributed by atoms with Gasteiger partial charge in [-0.05, 0) is 6.07 Å². The second-order valence-electron chi connectivity index (χ2n) is 2.82. The number of aromatic hydroxyl groups is 1. The van der Waals surface area contributed by atoms with E-state index in [9.17, 15) is 20.0 Å². The van der Waals surface area contributed by atoms with Gasteiger partial charge in [0, 0.05) is 6.07 Å². The summed E-state index contributed by atoms with van der Waals surface area (Å²) in [5.41, 5.74) is -0.931. The molecule has 0 atom stereocenters. The fraction of sp³-hybridized carbons (Fsp3) is 0.111. The Morgan fingerprint density at radius 2 is 2.25 bits per heavy atom. The molecular formula is C9H5BrN2O4. The van der Waals surface area contributed by atoms with Crippen LogP contribution in [0.5, 0.6) is 5.75 Å². The molecule has 0 aliphatic carbocycles. The zero-order valence-electron chi connectivity index (χ0n) is 7.81. The topological polar surface area (TPSA) is 104 Å². The lowest BCUT2D eigenvalue weighted by Crippen LogP contribution is -2.03. The smallest absolute Gasteiger partial charge is 0.312 e. The van der Waals surface area contributed by atoms with E-state index < -0.39 is 22.1 Å². The van der Waals surface area contributed by atoms with Crippen LogP contribution in [0.2, 0.25) is 0 Å². The number of nitriles is 1. The maximum absolute atomic E-state index is 11.3. The maximum Gasteiger partial charge on any atom is 0.312 e. The lowest BCUT2D eigenvalue weighted by molar-refractivity contribution is -0.385. The van der Waals surface area contributed by atoms with E-state index in [0.717, 1.165) is 12.1 Å². The first-order chi connectivity index (χ1) is 7.51. The summed E-state index contributed by atoms with van der Waals surface area (Å²) in [6, 6.07) is 3.72. The minimum atomic E-state index is -0.846. The lowest BCUT2D eigenvalue weighted by atomic mass is 10.1. The summed E-state index contributed by atoms with van der Waals surface area (Å²) < 4.78 is 0. The Kier molecular flexibility index (Phi) is 3.58. The summed E-state index contributed by atoms with van der Waals surface area (Å²) in [7, 11) is 0. The number of rotatable bonds is 3. The number of hydrogen-bond donors (Lipinski definition) is 1. The number of nitrogens with zero attached hydrogens (tertiary/aromatic N) is 2. The molecule has 0 aromatic heterocycles. The molecule has 1 aromatic carbocycles. The molecule has 0 fully saturated rings. The third-order valence-corrected chi connectivity index (χ3v) is 2.35. The molecule has 0 amide bonds. The molecule has 0 heterocycles. The van der Waals surface area contributed by atoms with Crippen molar-refractivity contribution in [1.29, 1.82) is 5.26 Å². The number of phenolic OH excluding ortho intramolecular Hbond substituents is 1. The van der Waals surface area contributed by atoms with Crippen molar-refractivity contribution in [2.24, 2.45) is 0 Å². The minimum Gasteiger partial charge on any atom is -0.502 e. The summed E-state index contributed by atoms with van der Waals surface area (Å²) in [5.74, 6) is -1.24. The van der Waals surface area contributed by atoms with E-state index in [1.165, 1.54) is 0 Å². The molecule has 0 unspecified atom stereocenters. The van der Waals surface area contributed by atoms with Crippen LogP contribution in [-0.4, -0.2) is 21.1 Å². The highest BCUT2D eigenvalue weighted by Gasteiger charge is 2.22. The van der Waals surface area contributed by atoms with Gasteiger partial charge in [-0.25, -0.2) is 0 Å². The molecule has 1 rings (SSSR count). The minimum absolute atomic E-state index is 0.0474. The highest BCUT2D eigenvalue weighted by molar-refractivity contribution is 9.09. The Morgan fingerprint density at radius 1 is 1.62 bits per heavy atom. The SMILES string of the molecule is N#Cc1cc(C(=O)CBr)c(O)c([N+](=O)[O-])c1. The van der Waals surface area contributed by atoms with Gasteiger partial charge >= 0.3 is 5.69 Å². The summed E-state index contributed by atoms with van der Waals surface area (Å²) in [4.78, 5) is 21.1. The lowest BCUT2D eigenvalue weighted by Gasteiger charge is -2.02. The molecule has 0 saturated carbocycles. The molecule has 16 heavy (non-hydrogen) atoms. The van der Waals surface area contributed by atoms with E-state index in [1.807, 2.05) is 0 Å². The van der Waals surface area contributed by atoms with E-state index in [1.54, 1.807) is 6.07 Å². The van der Waals surface area contributed by atoms with Gasteiger partial charge in [-0.15, -0.1) is 0 Å². The highest BCUT2D eigenvalue weighted by atomic mass is 79.9. The highest BCUT2D eigenvalue weighted by Crippen LogP contribution is 2.31. The number of alkyl halides is 1. The van der Waals surface area contributed by atoms with Crippen molar-refractivity contribution in [1.82, 2.24) is 0 Å². The molecule has 1 N–H and O–H groups in total. The molecule has 82 valence electrons. The van der Waals surface area contributed by atoms with Gasteiger partial charge in [0.1, 0.15) is 0 Å². The molecule has 0 aliphatic heterocycles. The molecule has 7 heteroatoms. The number of nitro benzene ring substituents is 1. The average molecular weight is 285 g/mol. The van der Waals surface area contributed by atoms with Crippen LogP contribution in [0.25, 0.3) is 0 Å². The zero-order chi connectivity index (χ0) is 12.3. The molecule has 0 aliphatic rings. The van der Waals surface area contributed by atoms with Crippen LogP contribution in [-0.2, 0) is 0 Å². The van der Waals surface area contributed by atoms with Crippen molar-refractivity contribution in [2.75, 3.05) is 5.33 Å². The van der Waals surface area contributed by atoms with Crippen molar-refractivity contribution in [3.63, 3.8) is 0 Å². The summed E-state index contributed by atoms with van der Waals surface area (Å²) in [6.07, 6.45) is 0. The van der Waals surface area contributed by atoms with Crippen LogP contribution < -0.4 is 0 Å². The number of Topliss-reactive ketones (excluding diaryl/α,β-unsaturated/α-hetero) is 1. The Bertz CT molecular complexity index is 507. The predicted molar refractivity (Wildman–Crippen MR) is 57.6 cm³/mol. The molecule has 0 bridgehead atoms. The number of halogens is 1. The second kappa shape index (κ2) is 4.72. The van der Waals surface area contributed by atoms with Crippen LogP contribution >= 0.6 is 15.9 Å². The Balaban J connectivity index is 3.50. The number of carbonyl (C=O) groups excluding carboxylic acids is 1. The van der Waals surface area contributed by atoms with Gasteiger partial charge in [0.05, 0.1) is 27.4 Å². The molecule has 0 spiro atoms. The van der Waals surface area contributed by atoms with E-state index in [-0.39, 0.29) is 16.5 Å². The largest absolute Gasteiger partial charge is 0.502 e. The fourth-order valence-electron chi connectivity index (χ4n) is 1.11. The average Bonchev–Trinajstić information content (AvgIpc) is 2.28.